The molecule has 10 rings (SSSR count). The Kier molecular flexibility index (Phi) is 6.42. The van der Waals surface area contributed by atoms with Gasteiger partial charge < -0.3 is 8.83 Å². The minimum atomic E-state index is 0.588. The average Bonchev–Trinajstić information content (AvgIpc) is 3.76. The van der Waals surface area contributed by atoms with Crippen LogP contribution in [-0.2, 0) is 0 Å². The van der Waals surface area contributed by atoms with Crippen molar-refractivity contribution >= 4 is 43.9 Å². The Morgan fingerprint density at radius 2 is 0.800 bits per heavy atom. The summed E-state index contributed by atoms with van der Waals surface area (Å²) in [6.07, 6.45) is 0. The van der Waals surface area contributed by atoms with Gasteiger partial charge in [0, 0.05) is 38.2 Å². The first-order valence-electron chi connectivity index (χ1n) is 16.6. The summed E-state index contributed by atoms with van der Waals surface area (Å²) in [6, 6.07) is 55.8. The smallest absolute Gasteiger partial charge is 0.164 e. The molecular weight excluding hydrogens is 615 g/mol. The zero-order valence-electron chi connectivity index (χ0n) is 26.7. The summed E-state index contributed by atoms with van der Waals surface area (Å²) in [4.78, 5) is 14.8. The Bertz CT molecular complexity index is 2850. The van der Waals surface area contributed by atoms with Gasteiger partial charge >= 0.3 is 0 Å². The Morgan fingerprint density at radius 3 is 1.58 bits per heavy atom. The highest BCUT2D eigenvalue weighted by molar-refractivity contribution is 6.13. The van der Waals surface area contributed by atoms with Crippen LogP contribution in [0.2, 0.25) is 0 Å². The molecule has 50 heavy (non-hydrogen) atoms. The van der Waals surface area contributed by atoms with Gasteiger partial charge in [0.25, 0.3) is 0 Å². The summed E-state index contributed by atoms with van der Waals surface area (Å²) >= 11 is 0. The van der Waals surface area contributed by atoms with Gasteiger partial charge in [0.05, 0.1) is 0 Å². The molecule has 10 aromatic rings. The number of para-hydroxylation sites is 1. The summed E-state index contributed by atoms with van der Waals surface area (Å²) in [7, 11) is 0. The molecule has 0 saturated carbocycles. The van der Waals surface area contributed by atoms with Crippen molar-refractivity contribution in [3.05, 3.63) is 164 Å². The van der Waals surface area contributed by atoms with E-state index in [4.69, 9.17) is 23.8 Å². The van der Waals surface area contributed by atoms with E-state index < -0.39 is 0 Å². The molecule has 5 heteroatoms. The third kappa shape index (κ3) is 4.75. The molecule has 0 atom stereocenters. The van der Waals surface area contributed by atoms with Crippen molar-refractivity contribution in [2.24, 2.45) is 0 Å². The maximum atomic E-state index is 6.39. The van der Waals surface area contributed by atoms with E-state index in [1.54, 1.807) is 0 Å². The predicted molar refractivity (Wildman–Crippen MR) is 202 cm³/mol. The minimum absolute atomic E-state index is 0.588. The van der Waals surface area contributed by atoms with E-state index in [2.05, 4.69) is 97.1 Å². The Morgan fingerprint density at radius 1 is 0.300 bits per heavy atom. The van der Waals surface area contributed by atoms with Crippen LogP contribution in [0.3, 0.4) is 0 Å². The molecule has 234 valence electrons. The van der Waals surface area contributed by atoms with Crippen LogP contribution in [0.1, 0.15) is 0 Å². The third-order valence-electron chi connectivity index (χ3n) is 9.36. The molecule has 0 fully saturated rings. The molecule has 7 aromatic carbocycles. The highest BCUT2D eigenvalue weighted by Crippen LogP contribution is 2.39. The number of fused-ring (bicyclic) bond motifs is 6. The first-order chi connectivity index (χ1) is 24.7. The lowest BCUT2D eigenvalue weighted by Crippen LogP contribution is -2.00. The van der Waals surface area contributed by atoms with Crippen LogP contribution in [-0.4, -0.2) is 15.0 Å². The van der Waals surface area contributed by atoms with Crippen molar-refractivity contribution < 1.29 is 8.83 Å². The van der Waals surface area contributed by atoms with Gasteiger partial charge in [0.2, 0.25) is 0 Å². The number of furan rings is 2. The second kappa shape index (κ2) is 11.4. The van der Waals surface area contributed by atoms with Gasteiger partial charge in [-0.15, -0.1) is 0 Å². The lowest BCUT2D eigenvalue weighted by Gasteiger charge is -2.09. The average molecular weight is 642 g/mol. The molecule has 0 spiro atoms. The van der Waals surface area contributed by atoms with Crippen LogP contribution >= 0.6 is 0 Å². The van der Waals surface area contributed by atoms with E-state index in [0.717, 1.165) is 71.7 Å². The van der Waals surface area contributed by atoms with E-state index in [0.29, 0.717) is 17.5 Å². The monoisotopic (exact) mass is 641 g/mol. The van der Waals surface area contributed by atoms with Crippen molar-refractivity contribution in [1.29, 1.82) is 0 Å². The number of benzene rings is 7. The Labute approximate surface area is 287 Å². The van der Waals surface area contributed by atoms with Gasteiger partial charge in [-0.1, -0.05) is 127 Å². The van der Waals surface area contributed by atoms with Crippen molar-refractivity contribution in [3.8, 4) is 56.4 Å². The Hall–Kier alpha value is -6.85. The molecule has 0 saturated heterocycles. The maximum Gasteiger partial charge on any atom is 0.164 e. The molecule has 3 aromatic heterocycles. The molecule has 0 radical (unpaired) electrons. The van der Waals surface area contributed by atoms with Gasteiger partial charge in [-0.25, -0.2) is 15.0 Å². The normalized spacial score (nSPS) is 11.6. The first kappa shape index (κ1) is 28.2. The summed E-state index contributed by atoms with van der Waals surface area (Å²) < 4.78 is 12.6. The van der Waals surface area contributed by atoms with Gasteiger partial charge in [0.1, 0.15) is 22.3 Å². The molecule has 0 aliphatic carbocycles. The van der Waals surface area contributed by atoms with Crippen LogP contribution in [0.15, 0.2) is 173 Å². The molecule has 0 aliphatic heterocycles. The topological polar surface area (TPSA) is 65.0 Å². The van der Waals surface area contributed by atoms with Crippen LogP contribution in [0.4, 0.5) is 0 Å². The number of hydrogen-bond acceptors (Lipinski definition) is 5. The highest BCUT2D eigenvalue weighted by atomic mass is 16.3. The molecule has 0 N–H and O–H groups in total. The van der Waals surface area contributed by atoms with Crippen LogP contribution in [0, 0.1) is 0 Å². The van der Waals surface area contributed by atoms with E-state index in [-0.39, 0.29) is 0 Å². The molecule has 0 amide bonds. The fourth-order valence-electron chi connectivity index (χ4n) is 6.89. The highest BCUT2D eigenvalue weighted by Gasteiger charge is 2.16. The van der Waals surface area contributed by atoms with Gasteiger partial charge in [0.15, 0.2) is 17.5 Å². The first-order valence-corrected chi connectivity index (χ1v) is 16.6. The second-order valence-electron chi connectivity index (χ2n) is 12.4. The number of hydrogen-bond donors (Lipinski definition) is 0. The summed E-state index contributed by atoms with van der Waals surface area (Å²) in [5.74, 6) is 1.81. The lowest BCUT2D eigenvalue weighted by molar-refractivity contribution is 0.668. The SMILES string of the molecule is c1ccc(-c2nc(-c3ccc(-c4ccc5c(c4)oc4cccc(-c6ccccc6)c45)cc3)nc(-c3ccc4c(c3)oc3ccccc34)n2)cc1. The molecule has 3 heterocycles. The maximum absolute atomic E-state index is 6.39. The Balaban J connectivity index is 1.04. The minimum Gasteiger partial charge on any atom is -0.456 e. The van der Waals surface area contributed by atoms with Gasteiger partial charge in [-0.2, -0.15) is 0 Å². The third-order valence-corrected chi connectivity index (χ3v) is 9.36. The van der Waals surface area contributed by atoms with Gasteiger partial charge in [-0.05, 0) is 58.7 Å². The molecule has 0 aliphatic rings. The lowest BCUT2D eigenvalue weighted by atomic mass is 9.98. The van der Waals surface area contributed by atoms with Crippen molar-refractivity contribution in [1.82, 2.24) is 15.0 Å². The van der Waals surface area contributed by atoms with Crippen molar-refractivity contribution in [2.45, 2.75) is 0 Å². The summed E-state index contributed by atoms with van der Waals surface area (Å²) in [6.45, 7) is 0. The number of aromatic nitrogens is 3. The summed E-state index contributed by atoms with van der Waals surface area (Å²) in [5.41, 5.74) is 10.6. The fraction of sp³-hybridized carbons (Fsp3) is 0. The van der Waals surface area contributed by atoms with Crippen molar-refractivity contribution in [3.63, 3.8) is 0 Å². The number of rotatable bonds is 5. The predicted octanol–water partition coefficient (Wildman–Crippen LogP) is 12.0. The zero-order chi connectivity index (χ0) is 33.0. The number of nitrogens with zero attached hydrogens (tertiary/aromatic N) is 3. The van der Waals surface area contributed by atoms with Crippen LogP contribution < -0.4 is 0 Å². The fourth-order valence-corrected chi connectivity index (χ4v) is 6.89. The largest absolute Gasteiger partial charge is 0.456 e. The van der Waals surface area contributed by atoms with E-state index in [1.165, 1.54) is 11.1 Å². The van der Waals surface area contributed by atoms with E-state index in [9.17, 15) is 0 Å². The molecule has 5 nitrogen and oxygen atoms in total. The van der Waals surface area contributed by atoms with Crippen LogP contribution in [0.5, 0.6) is 0 Å². The van der Waals surface area contributed by atoms with E-state index >= 15 is 0 Å². The zero-order valence-corrected chi connectivity index (χ0v) is 26.7. The molecule has 0 bridgehead atoms. The van der Waals surface area contributed by atoms with E-state index in [1.807, 2.05) is 66.7 Å². The summed E-state index contributed by atoms with van der Waals surface area (Å²) in [5, 5.41) is 4.39. The van der Waals surface area contributed by atoms with Crippen molar-refractivity contribution in [2.75, 3.05) is 0 Å². The molecule has 0 unspecified atom stereocenters. The van der Waals surface area contributed by atoms with Crippen LogP contribution in [0.25, 0.3) is 100 Å². The van der Waals surface area contributed by atoms with Gasteiger partial charge in [-0.3, -0.25) is 0 Å². The quantitative estimate of drug-likeness (QED) is 0.187. The standard InChI is InChI=1S/C45H27N3O2/c1-3-10-29(11-4-1)34-15-9-17-39-42(34)37-25-22-32(26-41(37)50-39)28-18-20-31(21-19-28)44-46-43(30-12-5-2-6-13-30)47-45(48-44)33-23-24-36-35-14-7-8-16-38(35)49-40(36)27-33/h1-27H. The molecular formula is C45H27N3O2. The second-order valence-corrected chi connectivity index (χ2v) is 12.4.